The molecular formula is C22H29FN4O2. The molecule has 6 nitrogen and oxygen atoms in total. The number of allylic oxidation sites excluding steroid dienone is 2. The van der Waals surface area contributed by atoms with E-state index in [4.69, 9.17) is 0 Å². The van der Waals surface area contributed by atoms with Gasteiger partial charge in [-0.2, -0.15) is 0 Å². The van der Waals surface area contributed by atoms with Crippen molar-refractivity contribution >= 4 is 23.7 Å². The highest BCUT2D eigenvalue weighted by atomic mass is 19.1. The zero-order valence-corrected chi connectivity index (χ0v) is 16.9. The summed E-state index contributed by atoms with van der Waals surface area (Å²) in [5.74, 6) is -0.290. The van der Waals surface area contributed by atoms with Crippen molar-refractivity contribution < 1.29 is 14.0 Å². The number of amides is 2. The summed E-state index contributed by atoms with van der Waals surface area (Å²) in [5, 5.41) is 6.44. The summed E-state index contributed by atoms with van der Waals surface area (Å²) in [6.07, 6.45) is 11.6. The Labute approximate surface area is 170 Å². The van der Waals surface area contributed by atoms with Crippen LogP contribution in [0.1, 0.15) is 58.3 Å². The summed E-state index contributed by atoms with van der Waals surface area (Å²) in [6, 6.07) is -0.463. The van der Waals surface area contributed by atoms with Gasteiger partial charge in [-0.05, 0) is 51.0 Å². The number of halogens is 1. The van der Waals surface area contributed by atoms with Gasteiger partial charge in [0.15, 0.2) is 0 Å². The number of hydrogen-bond acceptors (Lipinski definition) is 4. The van der Waals surface area contributed by atoms with Gasteiger partial charge in [-0.25, -0.2) is 4.39 Å². The Kier molecular flexibility index (Phi) is 5.40. The minimum absolute atomic E-state index is 0.0741. The molecule has 3 aliphatic carbocycles. The summed E-state index contributed by atoms with van der Waals surface area (Å²) in [6.45, 7) is 2.39. The largest absolute Gasteiger partial charge is 0.349 e. The van der Waals surface area contributed by atoms with E-state index in [1.54, 1.807) is 18.4 Å². The average Bonchev–Trinajstić information content (AvgIpc) is 2.97. The molecule has 2 amide bonds. The van der Waals surface area contributed by atoms with Gasteiger partial charge in [0, 0.05) is 29.3 Å². The molecule has 0 saturated heterocycles. The summed E-state index contributed by atoms with van der Waals surface area (Å²) >= 11 is 0. The Morgan fingerprint density at radius 1 is 1.21 bits per heavy atom. The van der Waals surface area contributed by atoms with E-state index in [0.717, 1.165) is 44.2 Å². The third kappa shape index (κ3) is 4.19. The Morgan fingerprint density at radius 3 is 2.69 bits per heavy atom. The van der Waals surface area contributed by atoms with Gasteiger partial charge in [-0.15, -0.1) is 0 Å². The molecular weight excluding hydrogens is 371 g/mol. The predicted octanol–water partition coefficient (Wildman–Crippen LogP) is 2.59. The topological polar surface area (TPSA) is 82.9 Å². The van der Waals surface area contributed by atoms with Gasteiger partial charge in [-0.1, -0.05) is 19.1 Å². The highest BCUT2D eigenvalue weighted by Gasteiger charge is 2.52. The number of fused-ring (bicyclic) bond motifs is 2. The van der Waals surface area contributed by atoms with Crippen molar-refractivity contribution in [2.45, 2.75) is 81.6 Å². The van der Waals surface area contributed by atoms with E-state index < -0.39 is 12.2 Å². The fraction of sp³-hybridized carbons (Fsp3) is 0.636. The molecule has 4 rings (SSSR count). The molecule has 7 heteroatoms. The first-order chi connectivity index (χ1) is 13.9. The first-order valence-electron chi connectivity index (χ1n) is 10.7. The van der Waals surface area contributed by atoms with Gasteiger partial charge in [0.1, 0.15) is 12.2 Å². The van der Waals surface area contributed by atoms with E-state index in [1.807, 2.05) is 6.92 Å². The molecule has 0 aromatic rings. The average molecular weight is 400 g/mol. The molecule has 0 aromatic heterocycles. The summed E-state index contributed by atoms with van der Waals surface area (Å²) in [5.41, 5.74) is 0.617. The van der Waals surface area contributed by atoms with E-state index in [9.17, 15) is 14.0 Å². The zero-order valence-electron chi connectivity index (χ0n) is 16.9. The van der Waals surface area contributed by atoms with Crippen LogP contribution in [0.5, 0.6) is 0 Å². The van der Waals surface area contributed by atoms with Crippen molar-refractivity contribution in [2.75, 3.05) is 6.54 Å². The smallest absolute Gasteiger partial charge is 0.251 e. The van der Waals surface area contributed by atoms with Crippen molar-refractivity contribution in [1.82, 2.24) is 10.6 Å². The van der Waals surface area contributed by atoms with E-state index in [0.29, 0.717) is 25.0 Å². The number of alkyl halides is 1. The number of nitrogens with one attached hydrogen (secondary N) is 2. The van der Waals surface area contributed by atoms with Crippen LogP contribution in [0, 0.1) is 0 Å². The van der Waals surface area contributed by atoms with Gasteiger partial charge in [0.2, 0.25) is 5.91 Å². The monoisotopic (exact) mass is 400 g/mol. The lowest BCUT2D eigenvalue weighted by Gasteiger charge is -2.41. The third-order valence-corrected chi connectivity index (χ3v) is 6.62. The predicted molar refractivity (Wildman–Crippen MR) is 111 cm³/mol. The number of aliphatic imine (C=N–C) groups is 2. The van der Waals surface area contributed by atoms with E-state index in [2.05, 4.69) is 20.6 Å². The Morgan fingerprint density at radius 2 is 1.97 bits per heavy atom. The summed E-state index contributed by atoms with van der Waals surface area (Å²) in [7, 11) is 0. The molecule has 0 radical (unpaired) electrons. The van der Waals surface area contributed by atoms with E-state index in [1.165, 1.54) is 6.08 Å². The number of carbonyl (C=O) groups is 2. The van der Waals surface area contributed by atoms with Gasteiger partial charge < -0.3 is 10.6 Å². The van der Waals surface area contributed by atoms with Gasteiger partial charge in [0.05, 0.1) is 12.3 Å². The molecule has 4 atom stereocenters. The van der Waals surface area contributed by atoms with Crippen LogP contribution in [-0.2, 0) is 9.59 Å². The molecule has 29 heavy (non-hydrogen) atoms. The van der Waals surface area contributed by atoms with E-state index in [-0.39, 0.29) is 22.9 Å². The second-order valence-corrected chi connectivity index (χ2v) is 8.79. The van der Waals surface area contributed by atoms with Crippen molar-refractivity contribution in [3.63, 3.8) is 0 Å². The Balaban J connectivity index is 1.42. The first-order valence-corrected chi connectivity index (χ1v) is 10.7. The minimum Gasteiger partial charge on any atom is -0.349 e. The second-order valence-electron chi connectivity index (χ2n) is 8.79. The van der Waals surface area contributed by atoms with Crippen LogP contribution in [0.3, 0.4) is 0 Å². The SMILES string of the molecule is CCC1=NC(C(=O)NC23CCCC(NC(=O)C4=CC(F)CC=C4)(CC2)C3)CN=C1. The Hall–Kier alpha value is -2.31. The maximum atomic E-state index is 13.6. The van der Waals surface area contributed by atoms with Crippen molar-refractivity contribution in [1.29, 1.82) is 0 Å². The molecule has 4 aliphatic rings. The lowest BCUT2D eigenvalue weighted by Crippen LogP contribution is -2.57. The quantitative estimate of drug-likeness (QED) is 0.744. The molecule has 2 bridgehead atoms. The Bertz CT molecular complexity index is 818. The molecule has 2 saturated carbocycles. The van der Waals surface area contributed by atoms with Gasteiger partial charge >= 0.3 is 0 Å². The second kappa shape index (κ2) is 7.84. The van der Waals surface area contributed by atoms with Crippen LogP contribution >= 0.6 is 0 Å². The third-order valence-electron chi connectivity index (χ3n) is 6.62. The normalized spacial score (nSPS) is 35.7. The first kappa shape index (κ1) is 20.0. The fourth-order valence-electron chi connectivity index (χ4n) is 5.14. The van der Waals surface area contributed by atoms with Gasteiger partial charge in [-0.3, -0.25) is 19.6 Å². The van der Waals surface area contributed by atoms with Crippen LogP contribution in [0.4, 0.5) is 4.39 Å². The summed E-state index contributed by atoms with van der Waals surface area (Å²) in [4.78, 5) is 34.4. The minimum atomic E-state index is -1.10. The molecule has 4 unspecified atom stereocenters. The van der Waals surface area contributed by atoms with Crippen LogP contribution in [-0.4, -0.2) is 53.6 Å². The van der Waals surface area contributed by atoms with Crippen LogP contribution in [0.2, 0.25) is 0 Å². The van der Waals surface area contributed by atoms with Crippen molar-refractivity contribution in [3.05, 3.63) is 23.8 Å². The molecule has 0 aromatic carbocycles. The standard InChI is InChI=1S/C22H29FN4O2/c1-2-17-12-24-13-18(25-17)20(29)27-22-8-4-7-21(14-22,9-10-22)26-19(28)15-5-3-6-16(23)11-15/h3,5,11-12,16,18H,2,4,6-10,13-14H2,1H3,(H,26,28)(H,27,29). The number of nitrogens with zero attached hydrogens (tertiary/aromatic N) is 2. The number of carbonyl (C=O) groups excluding carboxylic acids is 2. The highest BCUT2D eigenvalue weighted by molar-refractivity contribution is 6.31. The van der Waals surface area contributed by atoms with Crippen LogP contribution in [0.15, 0.2) is 33.8 Å². The maximum Gasteiger partial charge on any atom is 0.251 e. The fourth-order valence-corrected chi connectivity index (χ4v) is 5.14. The molecule has 0 spiro atoms. The maximum absolute atomic E-state index is 13.6. The molecule has 1 aliphatic heterocycles. The number of hydrogen-bond donors (Lipinski definition) is 2. The molecule has 2 fully saturated rings. The van der Waals surface area contributed by atoms with Crippen molar-refractivity contribution in [3.8, 4) is 0 Å². The van der Waals surface area contributed by atoms with E-state index >= 15 is 0 Å². The summed E-state index contributed by atoms with van der Waals surface area (Å²) < 4.78 is 13.6. The lowest BCUT2D eigenvalue weighted by molar-refractivity contribution is -0.124. The van der Waals surface area contributed by atoms with Crippen molar-refractivity contribution in [2.24, 2.45) is 9.98 Å². The number of rotatable bonds is 5. The lowest BCUT2D eigenvalue weighted by atomic mass is 9.78. The molecule has 156 valence electrons. The molecule has 2 N–H and O–H groups in total. The van der Waals surface area contributed by atoms with Crippen LogP contribution < -0.4 is 10.6 Å². The molecule has 1 heterocycles. The van der Waals surface area contributed by atoms with Gasteiger partial charge in [0.25, 0.3) is 5.91 Å². The highest BCUT2D eigenvalue weighted by Crippen LogP contribution is 2.48. The zero-order chi connectivity index (χ0) is 20.5. The van der Waals surface area contributed by atoms with Crippen LogP contribution in [0.25, 0.3) is 0 Å².